The van der Waals surface area contributed by atoms with Crippen molar-refractivity contribution in [3.8, 4) is 11.3 Å². The number of halogens is 2. The molecule has 0 saturated carbocycles. The molecule has 3 nitrogen and oxygen atoms in total. The molecule has 0 spiro atoms. The minimum atomic E-state index is -0.622. The lowest BCUT2D eigenvalue weighted by Gasteiger charge is -2.11. The number of anilines is 1. The topological polar surface area (TPSA) is 37.8 Å². The van der Waals surface area contributed by atoms with Crippen LogP contribution in [-0.2, 0) is 0 Å². The van der Waals surface area contributed by atoms with E-state index in [1.54, 1.807) is 6.92 Å². The summed E-state index contributed by atoms with van der Waals surface area (Å²) in [5.74, 6) is -0.638. The SMILES string of the molecule is CCCNc1ncnc(-c2c(F)cccc2F)c1C. The van der Waals surface area contributed by atoms with Gasteiger partial charge in [0, 0.05) is 12.1 Å². The first-order valence-corrected chi connectivity index (χ1v) is 6.15. The molecule has 2 rings (SSSR count). The molecule has 0 unspecified atom stereocenters. The van der Waals surface area contributed by atoms with Gasteiger partial charge in [0.1, 0.15) is 23.8 Å². The Balaban J connectivity index is 2.51. The van der Waals surface area contributed by atoms with Crippen molar-refractivity contribution in [3.05, 3.63) is 41.7 Å². The maximum atomic E-state index is 13.8. The van der Waals surface area contributed by atoms with Crippen LogP contribution in [0.4, 0.5) is 14.6 Å². The summed E-state index contributed by atoms with van der Waals surface area (Å²) < 4.78 is 27.6. The molecule has 5 heteroatoms. The predicted molar refractivity (Wildman–Crippen MR) is 70.9 cm³/mol. The van der Waals surface area contributed by atoms with Crippen molar-refractivity contribution in [1.29, 1.82) is 0 Å². The molecule has 0 amide bonds. The third-order valence-electron chi connectivity index (χ3n) is 2.83. The molecule has 19 heavy (non-hydrogen) atoms. The number of aromatic nitrogens is 2. The standard InChI is InChI=1S/C14H15F2N3/c1-3-7-17-14-9(2)13(18-8-19-14)12-10(15)5-4-6-11(12)16/h4-6,8H,3,7H2,1-2H3,(H,17,18,19). The fourth-order valence-electron chi connectivity index (χ4n) is 1.85. The highest BCUT2D eigenvalue weighted by Crippen LogP contribution is 2.29. The molecule has 1 heterocycles. The summed E-state index contributed by atoms with van der Waals surface area (Å²) in [6.45, 7) is 4.53. The molecule has 0 aliphatic heterocycles. The minimum absolute atomic E-state index is 0.109. The lowest BCUT2D eigenvalue weighted by molar-refractivity contribution is 0.588. The second kappa shape index (κ2) is 5.73. The molecule has 1 aromatic carbocycles. The Morgan fingerprint density at radius 3 is 2.47 bits per heavy atom. The molecule has 0 aliphatic rings. The average Bonchev–Trinajstić information content (AvgIpc) is 2.39. The van der Waals surface area contributed by atoms with Gasteiger partial charge >= 0.3 is 0 Å². The van der Waals surface area contributed by atoms with Gasteiger partial charge in [-0.3, -0.25) is 0 Å². The third kappa shape index (κ3) is 2.70. The first kappa shape index (κ1) is 13.4. The predicted octanol–water partition coefficient (Wildman–Crippen LogP) is 3.55. The number of nitrogens with one attached hydrogen (secondary N) is 1. The highest BCUT2D eigenvalue weighted by Gasteiger charge is 2.16. The van der Waals surface area contributed by atoms with E-state index >= 15 is 0 Å². The van der Waals surface area contributed by atoms with Crippen LogP contribution in [0.25, 0.3) is 11.3 Å². The molecule has 1 N–H and O–H groups in total. The van der Waals surface area contributed by atoms with Crippen molar-refractivity contribution in [2.45, 2.75) is 20.3 Å². The fourth-order valence-corrected chi connectivity index (χ4v) is 1.85. The lowest BCUT2D eigenvalue weighted by atomic mass is 10.1. The van der Waals surface area contributed by atoms with Gasteiger partial charge in [-0.25, -0.2) is 18.7 Å². The van der Waals surface area contributed by atoms with Gasteiger partial charge in [-0.1, -0.05) is 13.0 Å². The second-order valence-electron chi connectivity index (χ2n) is 4.22. The van der Waals surface area contributed by atoms with Crippen molar-refractivity contribution in [3.63, 3.8) is 0 Å². The zero-order valence-corrected chi connectivity index (χ0v) is 10.9. The van der Waals surface area contributed by atoms with Crippen LogP contribution in [0.5, 0.6) is 0 Å². The van der Waals surface area contributed by atoms with Crippen LogP contribution in [0.2, 0.25) is 0 Å². The largest absolute Gasteiger partial charge is 0.370 e. The van der Waals surface area contributed by atoms with E-state index in [0.717, 1.165) is 13.0 Å². The maximum absolute atomic E-state index is 13.8. The zero-order valence-electron chi connectivity index (χ0n) is 10.9. The molecule has 100 valence electrons. The summed E-state index contributed by atoms with van der Waals surface area (Å²) in [6, 6.07) is 3.78. The van der Waals surface area contributed by atoms with Crippen molar-refractivity contribution >= 4 is 5.82 Å². The van der Waals surface area contributed by atoms with Gasteiger partial charge in [-0.05, 0) is 25.5 Å². The average molecular weight is 263 g/mol. The van der Waals surface area contributed by atoms with Gasteiger partial charge < -0.3 is 5.32 Å². The number of hydrogen-bond acceptors (Lipinski definition) is 3. The lowest BCUT2D eigenvalue weighted by Crippen LogP contribution is -2.06. The summed E-state index contributed by atoms with van der Waals surface area (Å²) in [5, 5.41) is 3.12. The summed E-state index contributed by atoms with van der Waals surface area (Å²) in [7, 11) is 0. The Morgan fingerprint density at radius 1 is 1.16 bits per heavy atom. The van der Waals surface area contributed by atoms with E-state index in [1.807, 2.05) is 6.92 Å². The van der Waals surface area contributed by atoms with Gasteiger partial charge in [0.15, 0.2) is 0 Å². The minimum Gasteiger partial charge on any atom is -0.370 e. The summed E-state index contributed by atoms with van der Waals surface area (Å²) in [6.07, 6.45) is 2.25. The van der Waals surface area contributed by atoms with E-state index in [-0.39, 0.29) is 11.3 Å². The molecule has 2 aromatic rings. The highest BCUT2D eigenvalue weighted by molar-refractivity contribution is 5.68. The van der Waals surface area contributed by atoms with Crippen LogP contribution in [0.15, 0.2) is 24.5 Å². The van der Waals surface area contributed by atoms with Crippen LogP contribution in [0.1, 0.15) is 18.9 Å². The van der Waals surface area contributed by atoms with Crippen molar-refractivity contribution in [2.75, 3.05) is 11.9 Å². The van der Waals surface area contributed by atoms with Crippen LogP contribution in [-0.4, -0.2) is 16.5 Å². The van der Waals surface area contributed by atoms with E-state index < -0.39 is 11.6 Å². The van der Waals surface area contributed by atoms with Crippen molar-refractivity contribution < 1.29 is 8.78 Å². The Morgan fingerprint density at radius 2 is 1.84 bits per heavy atom. The first-order valence-electron chi connectivity index (χ1n) is 6.15. The Hall–Kier alpha value is -2.04. The summed E-state index contributed by atoms with van der Waals surface area (Å²) in [5.41, 5.74) is 0.811. The maximum Gasteiger partial charge on any atom is 0.135 e. The number of nitrogens with zero attached hydrogens (tertiary/aromatic N) is 2. The van der Waals surface area contributed by atoms with Crippen molar-refractivity contribution in [1.82, 2.24) is 9.97 Å². The molecule has 0 aliphatic carbocycles. The molecule has 1 aromatic heterocycles. The smallest absolute Gasteiger partial charge is 0.135 e. The Kier molecular flexibility index (Phi) is 4.04. The fraction of sp³-hybridized carbons (Fsp3) is 0.286. The van der Waals surface area contributed by atoms with Gasteiger partial charge in [0.25, 0.3) is 0 Å². The van der Waals surface area contributed by atoms with E-state index in [2.05, 4.69) is 15.3 Å². The van der Waals surface area contributed by atoms with E-state index in [9.17, 15) is 8.78 Å². The number of rotatable bonds is 4. The number of benzene rings is 1. The normalized spacial score (nSPS) is 10.5. The van der Waals surface area contributed by atoms with Gasteiger partial charge in [0.2, 0.25) is 0 Å². The van der Waals surface area contributed by atoms with Gasteiger partial charge in [-0.15, -0.1) is 0 Å². The quantitative estimate of drug-likeness (QED) is 0.916. The monoisotopic (exact) mass is 263 g/mol. The van der Waals surface area contributed by atoms with Crippen LogP contribution >= 0.6 is 0 Å². The summed E-state index contributed by atoms with van der Waals surface area (Å²) >= 11 is 0. The second-order valence-corrected chi connectivity index (χ2v) is 4.22. The molecule has 0 radical (unpaired) electrons. The first-order chi connectivity index (χ1) is 9.15. The van der Waals surface area contributed by atoms with E-state index in [0.29, 0.717) is 11.4 Å². The molecule has 0 atom stereocenters. The van der Waals surface area contributed by atoms with E-state index in [4.69, 9.17) is 0 Å². The Bertz CT molecular complexity index is 565. The molecule has 0 bridgehead atoms. The van der Waals surface area contributed by atoms with Gasteiger partial charge in [0.05, 0.1) is 11.3 Å². The van der Waals surface area contributed by atoms with Crippen molar-refractivity contribution in [2.24, 2.45) is 0 Å². The molecule has 0 saturated heterocycles. The van der Waals surface area contributed by atoms with Crippen LogP contribution in [0.3, 0.4) is 0 Å². The van der Waals surface area contributed by atoms with Crippen LogP contribution in [0, 0.1) is 18.6 Å². The van der Waals surface area contributed by atoms with Gasteiger partial charge in [-0.2, -0.15) is 0 Å². The molecular formula is C14H15F2N3. The number of hydrogen-bond donors (Lipinski definition) is 1. The van der Waals surface area contributed by atoms with E-state index in [1.165, 1.54) is 24.5 Å². The molecular weight excluding hydrogens is 248 g/mol. The highest BCUT2D eigenvalue weighted by atomic mass is 19.1. The summed E-state index contributed by atoms with van der Waals surface area (Å²) in [4.78, 5) is 8.10. The van der Waals surface area contributed by atoms with Crippen LogP contribution < -0.4 is 5.32 Å². The third-order valence-corrected chi connectivity index (χ3v) is 2.83. The Labute approximate surface area is 110 Å². The molecule has 0 fully saturated rings. The zero-order chi connectivity index (χ0) is 13.8.